The quantitative estimate of drug-likeness (QED) is 0.860. The molecule has 106 valence electrons. The lowest BCUT2D eigenvalue weighted by atomic mass is 10.1. The molecule has 1 aromatic heterocycles. The second kappa shape index (κ2) is 5.73. The van der Waals surface area contributed by atoms with Crippen LogP contribution < -0.4 is 4.74 Å². The Labute approximate surface area is 111 Å². The zero-order valence-electron chi connectivity index (χ0n) is 11.5. The molecule has 0 aliphatic rings. The summed E-state index contributed by atoms with van der Waals surface area (Å²) in [7, 11) is 0. The van der Waals surface area contributed by atoms with Crippen LogP contribution in [0.5, 0.6) is 5.88 Å². The monoisotopic (exact) mass is 270 g/mol. The van der Waals surface area contributed by atoms with E-state index in [2.05, 4.69) is 5.16 Å². The molecule has 0 unspecified atom stereocenters. The van der Waals surface area contributed by atoms with Gasteiger partial charge in [-0.15, -0.1) is 0 Å². The van der Waals surface area contributed by atoms with Crippen LogP contribution in [0.15, 0.2) is 10.6 Å². The van der Waals surface area contributed by atoms with Gasteiger partial charge in [0.25, 0.3) is 11.8 Å². The van der Waals surface area contributed by atoms with E-state index in [1.807, 2.05) is 0 Å². The lowest BCUT2D eigenvalue weighted by Gasteiger charge is -2.34. The normalized spacial score (nSPS) is 11.2. The minimum Gasteiger partial charge on any atom is -0.480 e. The molecule has 0 fully saturated rings. The molecule has 1 amide bonds. The molecule has 0 bridgehead atoms. The van der Waals surface area contributed by atoms with Crippen LogP contribution >= 0.6 is 0 Å². The fourth-order valence-electron chi connectivity index (χ4n) is 1.46. The molecule has 0 aliphatic heterocycles. The van der Waals surface area contributed by atoms with E-state index in [1.165, 1.54) is 4.90 Å². The third-order valence-corrected chi connectivity index (χ3v) is 2.35. The van der Waals surface area contributed by atoms with Gasteiger partial charge in [-0.1, -0.05) is 0 Å². The highest BCUT2D eigenvalue weighted by molar-refractivity contribution is 5.83. The molecule has 0 aromatic carbocycles. The first-order valence-corrected chi connectivity index (χ1v) is 5.78. The topological polar surface area (TPSA) is 92.9 Å². The summed E-state index contributed by atoms with van der Waals surface area (Å²) >= 11 is 0. The minimum absolute atomic E-state index is 0.204. The van der Waals surface area contributed by atoms with Crippen molar-refractivity contribution in [2.45, 2.75) is 33.2 Å². The van der Waals surface area contributed by atoms with Gasteiger partial charge < -0.3 is 19.3 Å². The highest BCUT2D eigenvalue weighted by Crippen LogP contribution is 2.14. The molecule has 7 nitrogen and oxygen atoms in total. The number of nitrogens with zero attached hydrogens (tertiary/aromatic N) is 2. The van der Waals surface area contributed by atoms with Crippen molar-refractivity contribution in [1.29, 1.82) is 0 Å². The molecule has 7 heteroatoms. The second-order valence-corrected chi connectivity index (χ2v) is 5.11. The van der Waals surface area contributed by atoms with E-state index in [1.54, 1.807) is 33.8 Å². The summed E-state index contributed by atoms with van der Waals surface area (Å²) in [6, 6.07) is 1.55. The Bertz CT molecular complexity index is 461. The van der Waals surface area contributed by atoms with Gasteiger partial charge in [0.1, 0.15) is 12.3 Å². The Morgan fingerprint density at radius 3 is 2.53 bits per heavy atom. The first-order chi connectivity index (χ1) is 8.70. The molecular weight excluding hydrogens is 252 g/mol. The number of carbonyl (C=O) groups is 2. The Morgan fingerprint density at radius 2 is 2.11 bits per heavy atom. The fraction of sp³-hybridized carbons (Fsp3) is 0.583. The summed E-state index contributed by atoms with van der Waals surface area (Å²) in [6.07, 6.45) is 0. The lowest BCUT2D eigenvalue weighted by Crippen LogP contribution is -2.50. The molecule has 0 aliphatic carbocycles. The number of carboxylic acids is 1. The molecule has 0 radical (unpaired) electrons. The Balaban J connectivity index is 2.64. The number of hydrogen-bond donors (Lipinski definition) is 1. The number of hydrogen-bond acceptors (Lipinski definition) is 5. The third-order valence-electron chi connectivity index (χ3n) is 2.35. The number of carboxylic acid groups (broad SMARTS) is 1. The lowest BCUT2D eigenvalue weighted by molar-refractivity contribution is -0.149. The number of carbonyl (C=O) groups excluding carboxylic acids is 1. The van der Waals surface area contributed by atoms with Crippen LogP contribution in [0.3, 0.4) is 0 Å². The SMILES string of the molecule is Cc1cc(OCC(=O)N(CC(=O)O)C(C)(C)C)no1. The Morgan fingerprint density at radius 1 is 1.47 bits per heavy atom. The number of aliphatic carboxylic acids is 1. The van der Waals surface area contributed by atoms with E-state index in [4.69, 9.17) is 14.4 Å². The summed E-state index contributed by atoms with van der Waals surface area (Å²) < 4.78 is 9.95. The number of rotatable bonds is 5. The third kappa shape index (κ3) is 4.61. The Kier molecular flexibility index (Phi) is 4.52. The average molecular weight is 270 g/mol. The zero-order chi connectivity index (χ0) is 14.6. The predicted octanol–water partition coefficient (Wildman–Crippen LogP) is 1.07. The first-order valence-electron chi connectivity index (χ1n) is 5.78. The van der Waals surface area contributed by atoms with Crippen LogP contribution in [0.2, 0.25) is 0 Å². The van der Waals surface area contributed by atoms with Gasteiger partial charge in [-0.25, -0.2) is 0 Å². The van der Waals surface area contributed by atoms with Crippen molar-refractivity contribution in [2.24, 2.45) is 0 Å². The maximum absolute atomic E-state index is 12.0. The fourth-order valence-corrected chi connectivity index (χ4v) is 1.46. The molecule has 0 atom stereocenters. The van der Waals surface area contributed by atoms with E-state index in [0.29, 0.717) is 5.76 Å². The van der Waals surface area contributed by atoms with Crippen LogP contribution in [-0.2, 0) is 9.59 Å². The van der Waals surface area contributed by atoms with Gasteiger partial charge in [-0.05, 0) is 32.9 Å². The van der Waals surface area contributed by atoms with Gasteiger partial charge in [0.2, 0.25) is 0 Å². The van der Waals surface area contributed by atoms with Crippen molar-refractivity contribution in [3.63, 3.8) is 0 Å². The molecule has 0 saturated carbocycles. The van der Waals surface area contributed by atoms with Crippen molar-refractivity contribution < 1.29 is 24.0 Å². The molecular formula is C12H18N2O5. The summed E-state index contributed by atoms with van der Waals surface area (Å²) in [4.78, 5) is 24.0. The molecule has 1 heterocycles. The van der Waals surface area contributed by atoms with E-state index in [-0.39, 0.29) is 19.0 Å². The van der Waals surface area contributed by atoms with Gasteiger partial charge in [0.05, 0.1) is 0 Å². The standard InChI is InChI=1S/C12H18N2O5/c1-8-5-9(13-19-8)18-7-10(15)14(6-11(16)17)12(2,3)4/h5H,6-7H2,1-4H3,(H,16,17). The molecule has 0 saturated heterocycles. The Hall–Kier alpha value is -2.05. The summed E-state index contributed by atoms with van der Waals surface area (Å²) in [5.41, 5.74) is -0.599. The molecule has 1 rings (SSSR count). The van der Waals surface area contributed by atoms with Crippen molar-refractivity contribution >= 4 is 11.9 Å². The summed E-state index contributed by atoms with van der Waals surface area (Å²) in [5, 5.41) is 12.4. The van der Waals surface area contributed by atoms with Gasteiger partial charge in [0, 0.05) is 11.6 Å². The largest absolute Gasteiger partial charge is 0.480 e. The van der Waals surface area contributed by atoms with Gasteiger partial charge in [-0.2, -0.15) is 0 Å². The highest BCUT2D eigenvalue weighted by Gasteiger charge is 2.28. The smallest absolute Gasteiger partial charge is 0.323 e. The van der Waals surface area contributed by atoms with E-state index in [9.17, 15) is 9.59 Å². The van der Waals surface area contributed by atoms with Crippen molar-refractivity contribution in [3.8, 4) is 5.88 Å². The van der Waals surface area contributed by atoms with Crippen LogP contribution in [0.25, 0.3) is 0 Å². The molecule has 1 aromatic rings. The summed E-state index contributed by atoms with van der Waals surface area (Å²) in [6.45, 7) is 6.32. The van der Waals surface area contributed by atoms with E-state index >= 15 is 0 Å². The maximum Gasteiger partial charge on any atom is 0.323 e. The number of aryl methyl sites for hydroxylation is 1. The van der Waals surface area contributed by atoms with Gasteiger partial charge >= 0.3 is 5.97 Å². The minimum atomic E-state index is -1.07. The van der Waals surface area contributed by atoms with Crippen molar-refractivity contribution in [3.05, 3.63) is 11.8 Å². The maximum atomic E-state index is 12.0. The van der Waals surface area contributed by atoms with Crippen LogP contribution in [0.4, 0.5) is 0 Å². The van der Waals surface area contributed by atoms with E-state index < -0.39 is 17.4 Å². The number of ether oxygens (including phenoxy) is 1. The first kappa shape index (κ1) is 15.0. The van der Waals surface area contributed by atoms with Crippen LogP contribution in [0, 0.1) is 6.92 Å². The van der Waals surface area contributed by atoms with Crippen molar-refractivity contribution in [1.82, 2.24) is 10.1 Å². The number of amides is 1. The number of aromatic nitrogens is 1. The van der Waals surface area contributed by atoms with E-state index in [0.717, 1.165) is 0 Å². The predicted molar refractivity (Wildman–Crippen MR) is 65.8 cm³/mol. The zero-order valence-corrected chi connectivity index (χ0v) is 11.5. The van der Waals surface area contributed by atoms with Crippen LogP contribution in [0.1, 0.15) is 26.5 Å². The highest BCUT2D eigenvalue weighted by atomic mass is 16.5. The average Bonchev–Trinajstić information content (AvgIpc) is 2.67. The molecule has 0 spiro atoms. The van der Waals surface area contributed by atoms with Gasteiger partial charge in [0.15, 0.2) is 6.61 Å². The van der Waals surface area contributed by atoms with Gasteiger partial charge in [-0.3, -0.25) is 9.59 Å². The summed E-state index contributed by atoms with van der Waals surface area (Å²) in [5.74, 6) is -0.716. The molecule has 1 N–H and O–H groups in total. The molecule has 19 heavy (non-hydrogen) atoms. The van der Waals surface area contributed by atoms with Crippen LogP contribution in [-0.4, -0.2) is 45.7 Å². The second-order valence-electron chi connectivity index (χ2n) is 5.11. The van der Waals surface area contributed by atoms with Crippen molar-refractivity contribution in [2.75, 3.05) is 13.2 Å².